The Balaban J connectivity index is 1.47. The first-order valence-electron chi connectivity index (χ1n) is 9.46. The van der Waals surface area contributed by atoms with Crippen LogP contribution in [0.2, 0.25) is 0 Å². The second-order valence-electron chi connectivity index (χ2n) is 7.24. The normalized spacial score (nSPS) is 16.9. The smallest absolute Gasteiger partial charge is 0.257 e. The Kier molecular flexibility index (Phi) is 5.10. The second-order valence-corrected chi connectivity index (χ2v) is 7.24. The number of piperidine rings is 1. The van der Waals surface area contributed by atoms with Crippen LogP contribution in [0.25, 0.3) is 11.5 Å². The number of carbonyl (C=O) groups excluding carboxylic acids is 1. The van der Waals surface area contributed by atoms with Crippen LogP contribution in [0.5, 0.6) is 0 Å². The molecule has 28 heavy (non-hydrogen) atoms. The number of imidazole rings is 1. The van der Waals surface area contributed by atoms with Crippen molar-refractivity contribution in [3.05, 3.63) is 54.3 Å². The highest BCUT2D eigenvalue weighted by Gasteiger charge is 2.26. The maximum absolute atomic E-state index is 12.9. The number of hydrogen-bond acceptors (Lipinski definition) is 6. The van der Waals surface area contributed by atoms with Crippen molar-refractivity contribution in [2.75, 3.05) is 13.1 Å². The predicted molar refractivity (Wildman–Crippen MR) is 103 cm³/mol. The van der Waals surface area contributed by atoms with Crippen LogP contribution in [0.4, 0.5) is 0 Å². The molecule has 1 fully saturated rings. The predicted octanol–water partition coefficient (Wildman–Crippen LogP) is 2.07. The molecule has 1 aliphatic rings. The Bertz CT molecular complexity index is 984. The van der Waals surface area contributed by atoms with Gasteiger partial charge in [0.2, 0.25) is 0 Å². The number of hydrogen-bond donors (Lipinski definition) is 0. The van der Waals surface area contributed by atoms with E-state index in [4.69, 9.17) is 0 Å². The summed E-state index contributed by atoms with van der Waals surface area (Å²) in [6, 6.07) is 2.00. The van der Waals surface area contributed by atoms with Gasteiger partial charge in [-0.1, -0.05) is 0 Å². The summed E-state index contributed by atoms with van der Waals surface area (Å²) in [5, 5.41) is 0. The molecule has 1 atom stereocenters. The first-order valence-corrected chi connectivity index (χ1v) is 9.46. The van der Waals surface area contributed by atoms with E-state index >= 15 is 0 Å². The lowest BCUT2D eigenvalue weighted by molar-refractivity contribution is 0.0671. The topological polar surface area (TPSA) is 89.7 Å². The van der Waals surface area contributed by atoms with Gasteiger partial charge in [-0.25, -0.2) is 24.9 Å². The van der Waals surface area contributed by atoms with E-state index in [-0.39, 0.29) is 5.91 Å². The zero-order valence-electron chi connectivity index (χ0n) is 16.1. The van der Waals surface area contributed by atoms with Gasteiger partial charge in [0, 0.05) is 44.4 Å². The van der Waals surface area contributed by atoms with Crippen molar-refractivity contribution in [3.63, 3.8) is 0 Å². The third-order valence-corrected chi connectivity index (χ3v) is 5.22. The van der Waals surface area contributed by atoms with Crippen molar-refractivity contribution in [1.29, 1.82) is 0 Å². The molecular formula is C20H23N7O. The highest BCUT2D eigenvalue weighted by Crippen LogP contribution is 2.23. The van der Waals surface area contributed by atoms with Gasteiger partial charge in [-0.15, -0.1) is 0 Å². The number of rotatable bonds is 4. The molecule has 0 radical (unpaired) electrons. The first kappa shape index (κ1) is 18.2. The largest absolute Gasteiger partial charge is 0.338 e. The number of carbonyl (C=O) groups is 1. The van der Waals surface area contributed by atoms with Crippen LogP contribution in [0.15, 0.2) is 37.3 Å². The molecule has 0 aliphatic carbocycles. The van der Waals surface area contributed by atoms with Crippen molar-refractivity contribution in [2.45, 2.75) is 26.2 Å². The lowest BCUT2D eigenvalue weighted by atomic mass is 9.92. The van der Waals surface area contributed by atoms with Gasteiger partial charge in [-0.05, 0) is 38.2 Å². The molecule has 0 saturated carbocycles. The van der Waals surface area contributed by atoms with Crippen LogP contribution in [-0.4, -0.2) is 53.4 Å². The van der Waals surface area contributed by atoms with E-state index in [0.29, 0.717) is 11.5 Å². The minimum Gasteiger partial charge on any atom is -0.338 e. The second kappa shape index (κ2) is 7.84. The van der Waals surface area contributed by atoms with Crippen molar-refractivity contribution in [2.24, 2.45) is 13.0 Å². The number of likely N-dealkylation sites (tertiary alicyclic amines) is 1. The molecule has 3 aromatic heterocycles. The van der Waals surface area contributed by atoms with E-state index in [9.17, 15) is 4.79 Å². The minimum atomic E-state index is 0.0131. The number of amides is 1. The van der Waals surface area contributed by atoms with Gasteiger partial charge in [-0.3, -0.25) is 4.79 Å². The van der Waals surface area contributed by atoms with E-state index in [0.717, 1.165) is 55.3 Å². The fourth-order valence-corrected chi connectivity index (χ4v) is 3.73. The van der Waals surface area contributed by atoms with Crippen molar-refractivity contribution < 1.29 is 4.79 Å². The lowest BCUT2D eigenvalue weighted by Crippen LogP contribution is -2.41. The zero-order chi connectivity index (χ0) is 19.5. The van der Waals surface area contributed by atoms with Crippen LogP contribution in [0.3, 0.4) is 0 Å². The molecule has 8 heteroatoms. The zero-order valence-corrected chi connectivity index (χ0v) is 16.1. The summed E-state index contributed by atoms with van der Waals surface area (Å²) < 4.78 is 1.94. The van der Waals surface area contributed by atoms with Crippen LogP contribution >= 0.6 is 0 Å². The molecule has 1 aliphatic heterocycles. The summed E-state index contributed by atoms with van der Waals surface area (Å²) in [5.41, 5.74) is 3.10. The van der Waals surface area contributed by atoms with Gasteiger partial charge in [0.25, 0.3) is 5.91 Å². The van der Waals surface area contributed by atoms with Gasteiger partial charge in [0.15, 0.2) is 5.82 Å². The van der Waals surface area contributed by atoms with Crippen LogP contribution in [0, 0.1) is 12.8 Å². The number of aromatic nitrogens is 6. The Morgan fingerprint density at radius 3 is 2.89 bits per heavy atom. The molecule has 1 saturated heterocycles. The van der Waals surface area contributed by atoms with Crippen LogP contribution < -0.4 is 0 Å². The Morgan fingerprint density at radius 1 is 1.21 bits per heavy atom. The third-order valence-electron chi connectivity index (χ3n) is 5.22. The standard InChI is InChI=1S/C20H23N7O/c1-14-17(10-21-12-23-14)20(28)27-6-3-4-15(11-27)8-16-9-18(25-13-24-16)19-22-5-7-26(19)2/h5,7,9-10,12-13,15H,3-4,6,8,11H2,1-2H3/t15-/m1/s1. The Labute approximate surface area is 163 Å². The average Bonchev–Trinajstić information content (AvgIpc) is 3.14. The molecule has 3 aromatic rings. The maximum atomic E-state index is 12.9. The molecule has 0 spiro atoms. The average molecular weight is 377 g/mol. The summed E-state index contributed by atoms with van der Waals surface area (Å²) in [5.74, 6) is 1.20. The molecular weight excluding hydrogens is 354 g/mol. The van der Waals surface area contributed by atoms with Crippen LogP contribution in [0.1, 0.15) is 34.6 Å². The summed E-state index contributed by atoms with van der Waals surface area (Å²) in [7, 11) is 1.95. The van der Waals surface area contributed by atoms with Gasteiger partial charge in [-0.2, -0.15) is 0 Å². The fraction of sp³-hybridized carbons (Fsp3) is 0.400. The quantitative estimate of drug-likeness (QED) is 0.691. The van der Waals surface area contributed by atoms with Gasteiger partial charge >= 0.3 is 0 Å². The Morgan fingerprint density at radius 2 is 2.11 bits per heavy atom. The lowest BCUT2D eigenvalue weighted by Gasteiger charge is -2.33. The fourth-order valence-electron chi connectivity index (χ4n) is 3.73. The molecule has 0 unspecified atom stereocenters. The van der Waals surface area contributed by atoms with E-state index in [1.54, 1.807) is 18.7 Å². The molecule has 144 valence electrons. The number of aryl methyl sites for hydroxylation is 2. The van der Waals surface area contributed by atoms with Crippen molar-refractivity contribution in [1.82, 2.24) is 34.4 Å². The van der Waals surface area contributed by atoms with E-state index in [2.05, 4.69) is 24.9 Å². The molecule has 4 heterocycles. The first-order chi connectivity index (χ1) is 13.6. The summed E-state index contributed by atoms with van der Waals surface area (Å²) >= 11 is 0. The van der Waals surface area contributed by atoms with Crippen molar-refractivity contribution >= 4 is 5.91 Å². The maximum Gasteiger partial charge on any atom is 0.257 e. The van der Waals surface area contributed by atoms with Gasteiger partial charge < -0.3 is 9.47 Å². The molecule has 8 nitrogen and oxygen atoms in total. The molecule has 0 aromatic carbocycles. The molecule has 4 rings (SSSR count). The van der Waals surface area contributed by atoms with Gasteiger partial charge in [0.1, 0.15) is 18.3 Å². The SMILES string of the molecule is Cc1ncncc1C(=O)N1CCC[C@H](Cc2cc(-c3nccn3C)ncn2)C1. The minimum absolute atomic E-state index is 0.0131. The van der Waals surface area contributed by atoms with Crippen molar-refractivity contribution in [3.8, 4) is 11.5 Å². The monoisotopic (exact) mass is 377 g/mol. The summed E-state index contributed by atoms with van der Waals surface area (Å²) in [6.45, 7) is 3.33. The third kappa shape index (κ3) is 3.76. The highest BCUT2D eigenvalue weighted by molar-refractivity contribution is 5.94. The van der Waals surface area contributed by atoms with E-state index < -0.39 is 0 Å². The Hall–Kier alpha value is -3.16. The summed E-state index contributed by atoms with van der Waals surface area (Å²) in [4.78, 5) is 36.1. The highest BCUT2D eigenvalue weighted by atomic mass is 16.2. The number of nitrogens with zero attached hydrogens (tertiary/aromatic N) is 7. The van der Waals surface area contributed by atoms with Gasteiger partial charge in [0.05, 0.1) is 11.3 Å². The van der Waals surface area contributed by atoms with E-state index in [1.807, 2.05) is 35.7 Å². The van der Waals surface area contributed by atoms with E-state index in [1.165, 1.54) is 6.33 Å². The molecule has 0 N–H and O–H groups in total. The molecule has 0 bridgehead atoms. The van der Waals surface area contributed by atoms with Crippen LogP contribution in [-0.2, 0) is 13.5 Å². The summed E-state index contributed by atoms with van der Waals surface area (Å²) in [6.07, 6.45) is 11.2. The molecule has 1 amide bonds.